The molecule has 0 fully saturated rings. The van der Waals surface area contributed by atoms with Gasteiger partial charge in [-0.15, -0.1) is 0 Å². The highest BCUT2D eigenvalue weighted by Gasteiger charge is 2.31. The number of rotatable bonds is 8. The molecule has 4 rings (SSSR count). The summed E-state index contributed by atoms with van der Waals surface area (Å²) in [4.78, 5) is 27.3. The lowest BCUT2D eigenvalue weighted by Crippen LogP contribution is -2.43. The van der Waals surface area contributed by atoms with Crippen molar-refractivity contribution in [3.05, 3.63) is 71.0 Å². The molecule has 0 bridgehead atoms. The van der Waals surface area contributed by atoms with Crippen LogP contribution >= 0.6 is 0 Å². The Morgan fingerprint density at radius 2 is 1.66 bits per heavy atom. The van der Waals surface area contributed by atoms with E-state index in [0.717, 1.165) is 34.0 Å². The maximum atomic E-state index is 12.9. The van der Waals surface area contributed by atoms with Crippen LogP contribution in [0.4, 0.5) is 4.79 Å². The van der Waals surface area contributed by atoms with Crippen LogP contribution in [-0.4, -0.2) is 60.6 Å². The third kappa shape index (κ3) is 5.40. The molecule has 1 aromatic heterocycles. The Kier molecular flexibility index (Phi) is 7.54. The second-order valence-electron chi connectivity index (χ2n) is 8.11. The van der Waals surface area contributed by atoms with E-state index >= 15 is 0 Å². The van der Waals surface area contributed by atoms with Gasteiger partial charge in [0.2, 0.25) is 0 Å². The van der Waals surface area contributed by atoms with E-state index in [0.29, 0.717) is 25.9 Å². The third-order valence-electron chi connectivity index (χ3n) is 5.98. The first-order valence-corrected chi connectivity index (χ1v) is 11.6. The molecule has 1 aliphatic heterocycles. The topological polar surface area (TPSA) is 94.9 Å². The average Bonchev–Trinajstić information content (AvgIpc) is 3.28. The molecule has 9 nitrogen and oxygen atoms in total. The fourth-order valence-electron chi connectivity index (χ4n) is 4.11. The lowest BCUT2D eigenvalue weighted by Gasteiger charge is -2.28. The Hall–Kier alpha value is -4.01. The van der Waals surface area contributed by atoms with Crippen molar-refractivity contribution in [3.8, 4) is 17.2 Å². The van der Waals surface area contributed by atoms with E-state index < -0.39 is 5.97 Å². The number of hydrogen-bond acceptors (Lipinski definition) is 6. The van der Waals surface area contributed by atoms with Gasteiger partial charge in [-0.1, -0.05) is 12.1 Å². The zero-order valence-electron chi connectivity index (χ0n) is 20.2. The number of amides is 2. The predicted molar refractivity (Wildman–Crippen MR) is 130 cm³/mol. The standard InChI is InChI=1S/C26H30N4O5/c1-4-35-25(31)24-22-17-29(26(32)27-15-13-18-5-9-20(33-2)10-6-18)16-14-23(22)30(28-24)19-7-11-21(34-3)12-8-19/h5-12H,4,13-17H2,1-3H3,(H,27,32). The van der Waals surface area contributed by atoms with Gasteiger partial charge >= 0.3 is 12.0 Å². The Labute approximate surface area is 204 Å². The fourth-order valence-corrected chi connectivity index (χ4v) is 4.11. The van der Waals surface area contributed by atoms with E-state index in [9.17, 15) is 9.59 Å². The molecule has 2 heterocycles. The summed E-state index contributed by atoms with van der Waals surface area (Å²) in [6.07, 6.45) is 1.28. The summed E-state index contributed by atoms with van der Waals surface area (Å²) in [7, 11) is 3.24. The molecule has 0 unspecified atom stereocenters. The highest BCUT2D eigenvalue weighted by atomic mass is 16.5. The minimum absolute atomic E-state index is 0.170. The molecule has 9 heteroatoms. The van der Waals surface area contributed by atoms with E-state index in [-0.39, 0.29) is 24.9 Å². The monoisotopic (exact) mass is 478 g/mol. The van der Waals surface area contributed by atoms with Crippen molar-refractivity contribution in [2.45, 2.75) is 26.3 Å². The fraction of sp³-hybridized carbons (Fsp3) is 0.346. The van der Waals surface area contributed by atoms with Crippen LogP contribution in [0.1, 0.15) is 34.2 Å². The number of esters is 1. The number of aromatic nitrogens is 2. The quantitative estimate of drug-likeness (QED) is 0.499. The van der Waals surface area contributed by atoms with Gasteiger partial charge in [-0.05, 0) is 55.3 Å². The lowest BCUT2D eigenvalue weighted by molar-refractivity contribution is 0.0516. The molecule has 0 atom stereocenters. The molecule has 1 N–H and O–H groups in total. The second-order valence-corrected chi connectivity index (χ2v) is 8.11. The SMILES string of the molecule is CCOC(=O)c1nn(-c2ccc(OC)cc2)c2c1CN(C(=O)NCCc1ccc(OC)cc1)CC2. The van der Waals surface area contributed by atoms with Crippen LogP contribution in [0.3, 0.4) is 0 Å². The Morgan fingerprint density at radius 3 is 2.29 bits per heavy atom. The first kappa shape index (κ1) is 24.1. The molecular weight excluding hydrogens is 448 g/mol. The van der Waals surface area contributed by atoms with Crippen molar-refractivity contribution < 1.29 is 23.8 Å². The molecule has 0 spiro atoms. The average molecular weight is 479 g/mol. The van der Waals surface area contributed by atoms with Crippen molar-refractivity contribution >= 4 is 12.0 Å². The van der Waals surface area contributed by atoms with Gasteiger partial charge in [0.1, 0.15) is 11.5 Å². The molecular formula is C26H30N4O5. The molecule has 3 aromatic rings. The number of ether oxygens (including phenoxy) is 3. The molecule has 2 amide bonds. The number of carbonyl (C=O) groups is 2. The Bertz CT molecular complexity index is 1170. The highest BCUT2D eigenvalue weighted by Crippen LogP contribution is 2.27. The van der Waals surface area contributed by atoms with Crippen LogP contribution in [-0.2, 0) is 24.1 Å². The third-order valence-corrected chi connectivity index (χ3v) is 5.98. The van der Waals surface area contributed by atoms with Crippen LogP contribution in [0.15, 0.2) is 48.5 Å². The van der Waals surface area contributed by atoms with E-state index in [1.54, 1.807) is 30.7 Å². The summed E-state index contributed by atoms with van der Waals surface area (Å²) in [5.74, 6) is 1.05. The zero-order chi connectivity index (χ0) is 24.8. The van der Waals surface area contributed by atoms with E-state index in [1.165, 1.54) is 0 Å². The summed E-state index contributed by atoms with van der Waals surface area (Å²) in [5.41, 5.74) is 3.79. The van der Waals surface area contributed by atoms with Crippen LogP contribution in [0.2, 0.25) is 0 Å². The van der Waals surface area contributed by atoms with Crippen molar-refractivity contribution in [2.75, 3.05) is 33.9 Å². The van der Waals surface area contributed by atoms with Crippen molar-refractivity contribution in [2.24, 2.45) is 0 Å². The summed E-state index contributed by atoms with van der Waals surface area (Å²) in [6, 6.07) is 15.1. The predicted octanol–water partition coefficient (Wildman–Crippen LogP) is 3.38. The summed E-state index contributed by atoms with van der Waals surface area (Å²) in [6.45, 7) is 3.32. The lowest BCUT2D eigenvalue weighted by atomic mass is 10.0. The number of nitrogens with zero attached hydrogens (tertiary/aromatic N) is 3. The van der Waals surface area contributed by atoms with Gasteiger partial charge in [0.25, 0.3) is 0 Å². The maximum absolute atomic E-state index is 12.9. The normalized spacial score (nSPS) is 12.6. The van der Waals surface area contributed by atoms with Gasteiger partial charge in [-0.3, -0.25) is 0 Å². The summed E-state index contributed by atoms with van der Waals surface area (Å²) in [5, 5.41) is 7.56. The molecule has 0 saturated carbocycles. The largest absolute Gasteiger partial charge is 0.497 e. The number of carbonyl (C=O) groups excluding carboxylic acids is 2. The van der Waals surface area contributed by atoms with Gasteiger partial charge in [-0.2, -0.15) is 5.10 Å². The molecule has 2 aromatic carbocycles. The zero-order valence-corrected chi connectivity index (χ0v) is 20.2. The van der Waals surface area contributed by atoms with Gasteiger partial charge < -0.3 is 24.4 Å². The number of hydrogen-bond donors (Lipinski definition) is 1. The number of fused-ring (bicyclic) bond motifs is 1. The van der Waals surface area contributed by atoms with E-state index in [1.807, 2.05) is 48.5 Å². The maximum Gasteiger partial charge on any atom is 0.359 e. The van der Waals surface area contributed by atoms with Crippen molar-refractivity contribution in [1.82, 2.24) is 20.0 Å². The summed E-state index contributed by atoms with van der Waals surface area (Å²) >= 11 is 0. The van der Waals surface area contributed by atoms with Gasteiger partial charge in [-0.25, -0.2) is 14.3 Å². The number of benzene rings is 2. The molecule has 0 radical (unpaired) electrons. The van der Waals surface area contributed by atoms with Gasteiger partial charge in [0.15, 0.2) is 5.69 Å². The van der Waals surface area contributed by atoms with Crippen LogP contribution in [0.25, 0.3) is 5.69 Å². The van der Waals surface area contributed by atoms with E-state index in [2.05, 4.69) is 10.4 Å². The van der Waals surface area contributed by atoms with Gasteiger partial charge in [0.05, 0.1) is 38.8 Å². The van der Waals surface area contributed by atoms with Gasteiger partial charge in [0, 0.05) is 25.1 Å². The minimum atomic E-state index is -0.488. The Balaban J connectivity index is 1.48. The van der Waals surface area contributed by atoms with Crippen LogP contribution < -0.4 is 14.8 Å². The van der Waals surface area contributed by atoms with E-state index in [4.69, 9.17) is 14.2 Å². The van der Waals surface area contributed by atoms with Crippen LogP contribution in [0.5, 0.6) is 11.5 Å². The number of methoxy groups -OCH3 is 2. The summed E-state index contributed by atoms with van der Waals surface area (Å²) < 4.78 is 17.4. The highest BCUT2D eigenvalue weighted by molar-refractivity contribution is 5.89. The molecule has 0 aliphatic carbocycles. The molecule has 35 heavy (non-hydrogen) atoms. The van der Waals surface area contributed by atoms with Crippen molar-refractivity contribution in [3.63, 3.8) is 0 Å². The first-order valence-electron chi connectivity index (χ1n) is 11.6. The van der Waals surface area contributed by atoms with Crippen LogP contribution in [0, 0.1) is 0 Å². The molecule has 184 valence electrons. The minimum Gasteiger partial charge on any atom is -0.497 e. The molecule has 0 saturated heterocycles. The number of urea groups is 1. The number of nitrogens with one attached hydrogen (secondary N) is 1. The Morgan fingerprint density at radius 1 is 1.00 bits per heavy atom. The second kappa shape index (κ2) is 10.9. The van der Waals surface area contributed by atoms with Crippen molar-refractivity contribution in [1.29, 1.82) is 0 Å². The first-order chi connectivity index (χ1) is 17.0. The smallest absolute Gasteiger partial charge is 0.359 e. The molecule has 1 aliphatic rings.